The number of hydrogen-bond acceptors (Lipinski definition) is 4. The minimum Gasteiger partial charge on any atom is -0.345 e. The van der Waals surface area contributed by atoms with E-state index < -0.39 is 0 Å². The number of nitrogens with zero attached hydrogens (tertiary/aromatic N) is 4. The maximum atomic E-state index is 12.7. The lowest BCUT2D eigenvalue weighted by Crippen LogP contribution is -2.20. The average Bonchev–Trinajstić information content (AvgIpc) is 2.74. The summed E-state index contributed by atoms with van der Waals surface area (Å²) in [7, 11) is 2.03. The third-order valence-electron chi connectivity index (χ3n) is 4.66. The molecule has 5 nitrogen and oxygen atoms in total. The highest BCUT2D eigenvalue weighted by atomic mass is 16.1. The highest BCUT2D eigenvalue weighted by molar-refractivity contribution is 5.81. The van der Waals surface area contributed by atoms with Crippen molar-refractivity contribution in [2.24, 2.45) is 5.10 Å². The van der Waals surface area contributed by atoms with Crippen molar-refractivity contribution in [2.45, 2.75) is 6.92 Å². The number of anilines is 2. The zero-order valence-electron chi connectivity index (χ0n) is 15.8. The summed E-state index contributed by atoms with van der Waals surface area (Å²) in [6.45, 7) is 1.78. The molecule has 0 radical (unpaired) electrons. The molecule has 0 bridgehead atoms. The molecule has 0 atom stereocenters. The molecule has 0 aliphatic rings. The predicted molar refractivity (Wildman–Crippen MR) is 115 cm³/mol. The van der Waals surface area contributed by atoms with Crippen molar-refractivity contribution >= 4 is 28.5 Å². The van der Waals surface area contributed by atoms with Gasteiger partial charge >= 0.3 is 0 Å². The van der Waals surface area contributed by atoms with Crippen molar-refractivity contribution in [3.63, 3.8) is 0 Å². The first kappa shape index (κ1) is 17.7. The van der Waals surface area contributed by atoms with Gasteiger partial charge in [-0.15, -0.1) is 0 Å². The normalized spacial score (nSPS) is 11.2. The quantitative estimate of drug-likeness (QED) is 0.503. The second-order valence-corrected chi connectivity index (χ2v) is 6.52. The van der Waals surface area contributed by atoms with Gasteiger partial charge in [0.15, 0.2) is 0 Å². The van der Waals surface area contributed by atoms with Crippen LogP contribution in [0.1, 0.15) is 11.4 Å². The molecule has 4 aromatic rings. The summed E-state index contributed by atoms with van der Waals surface area (Å²) >= 11 is 0. The molecule has 0 amide bonds. The fourth-order valence-corrected chi connectivity index (χ4v) is 3.08. The van der Waals surface area contributed by atoms with Gasteiger partial charge in [-0.1, -0.05) is 42.5 Å². The third kappa shape index (κ3) is 3.42. The van der Waals surface area contributed by atoms with E-state index in [0.717, 1.165) is 16.9 Å². The molecular formula is C23H20N4O. The molecular weight excluding hydrogens is 348 g/mol. The molecule has 0 N–H and O–H groups in total. The van der Waals surface area contributed by atoms with Crippen LogP contribution in [0.2, 0.25) is 0 Å². The van der Waals surface area contributed by atoms with Gasteiger partial charge in [-0.05, 0) is 48.9 Å². The first-order valence-corrected chi connectivity index (χ1v) is 9.05. The van der Waals surface area contributed by atoms with E-state index in [1.165, 1.54) is 4.68 Å². The molecule has 3 aromatic carbocycles. The van der Waals surface area contributed by atoms with Gasteiger partial charge in [0.05, 0.1) is 17.1 Å². The van der Waals surface area contributed by atoms with Crippen LogP contribution >= 0.6 is 0 Å². The molecule has 0 saturated heterocycles. The van der Waals surface area contributed by atoms with Crippen LogP contribution in [-0.2, 0) is 0 Å². The molecule has 0 spiro atoms. The SMILES string of the molecule is Cc1nc2ccccc2c(=O)n1N=Cc1ccc(N(C)c2ccccc2)cc1. The molecule has 0 saturated carbocycles. The van der Waals surface area contributed by atoms with E-state index in [-0.39, 0.29) is 5.56 Å². The lowest BCUT2D eigenvalue weighted by Gasteiger charge is -2.19. The average molecular weight is 368 g/mol. The van der Waals surface area contributed by atoms with Gasteiger partial charge in [0, 0.05) is 18.4 Å². The Bertz CT molecular complexity index is 1190. The number of aromatic nitrogens is 2. The van der Waals surface area contributed by atoms with E-state index >= 15 is 0 Å². The van der Waals surface area contributed by atoms with Gasteiger partial charge in [0.25, 0.3) is 5.56 Å². The Hall–Kier alpha value is -3.73. The van der Waals surface area contributed by atoms with Crippen LogP contribution in [0.5, 0.6) is 0 Å². The Morgan fingerprint density at radius 1 is 0.893 bits per heavy atom. The second-order valence-electron chi connectivity index (χ2n) is 6.52. The highest BCUT2D eigenvalue weighted by Gasteiger charge is 2.06. The van der Waals surface area contributed by atoms with E-state index in [1.807, 2.05) is 67.7 Å². The van der Waals surface area contributed by atoms with Crippen LogP contribution in [0.3, 0.4) is 0 Å². The molecule has 4 rings (SSSR count). The maximum Gasteiger partial charge on any atom is 0.282 e. The molecule has 5 heteroatoms. The summed E-state index contributed by atoms with van der Waals surface area (Å²) in [6.07, 6.45) is 1.68. The number of benzene rings is 3. The number of fused-ring (bicyclic) bond motifs is 1. The Morgan fingerprint density at radius 3 is 2.29 bits per heavy atom. The first-order chi connectivity index (χ1) is 13.6. The monoisotopic (exact) mass is 368 g/mol. The Kier molecular flexibility index (Phi) is 4.72. The van der Waals surface area contributed by atoms with Gasteiger partial charge in [0.1, 0.15) is 5.82 Å². The van der Waals surface area contributed by atoms with Crippen LogP contribution in [0.25, 0.3) is 10.9 Å². The molecule has 0 fully saturated rings. The second kappa shape index (κ2) is 7.48. The molecule has 28 heavy (non-hydrogen) atoms. The zero-order chi connectivity index (χ0) is 19.5. The lowest BCUT2D eigenvalue weighted by atomic mass is 10.2. The van der Waals surface area contributed by atoms with E-state index in [2.05, 4.69) is 27.1 Å². The van der Waals surface area contributed by atoms with Crippen LogP contribution in [0, 0.1) is 6.92 Å². The molecule has 0 unspecified atom stereocenters. The van der Waals surface area contributed by atoms with Crippen LogP contribution in [-0.4, -0.2) is 22.9 Å². The first-order valence-electron chi connectivity index (χ1n) is 9.05. The van der Waals surface area contributed by atoms with E-state index in [1.54, 1.807) is 19.2 Å². The van der Waals surface area contributed by atoms with Gasteiger partial charge in [-0.25, -0.2) is 4.98 Å². The molecule has 1 aromatic heterocycles. The molecule has 0 aliphatic carbocycles. The highest BCUT2D eigenvalue weighted by Crippen LogP contribution is 2.22. The zero-order valence-corrected chi connectivity index (χ0v) is 15.8. The molecule has 1 heterocycles. The van der Waals surface area contributed by atoms with E-state index in [0.29, 0.717) is 16.7 Å². The van der Waals surface area contributed by atoms with Crippen LogP contribution < -0.4 is 10.5 Å². The molecule has 138 valence electrons. The summed E-state index contributed by atoms with van der Waals surface area (Å²) in [5, 5.41) is 4.92. The third-order valence-corrected chi connectivity index (χ3v) is 4.66. The number of hydrogen-bond donors (Lipinski definition) is 0. The minimum absolute atomic E-state index is 0.167. The fraction of sp³-hybridized carbons (Fsp3) is 0.0870. The molecule has 0 aliphatic heterocycles. The van der Waals surface area contributed by atoms with Crippen molar-refractivity contribution in [3.05, 3.63) is 101 Å². The van der Waals surface area contributed by atoms with Crippen molar-refractivity contribution < 1.29 is 0 Å². The fourth-order valence-electron chi connectivity index (χ4n) is 3.08. The summed E-state index contributed by atoms with van der Waals surface area (Å²) in [5.74, 6) is 0.556. The standard InChI is InChI=1S/C23H20N4O/c1-17-25-22-11-7-6-10-21(22)23(28)27(17)24-16-18-12-14-20(15-13-18)26(2)19-8-4-3-5-9-19/h3-16H,1-2H3. The van der Waals surface area contributed by atoms with Crippen molar-refractivity contribution in [3.8, 4) is 0 Å². The Morgan fingerprint density at radius 2 is 1.54 bits per heavy atom. The number of para-hydroxylation sites is 2. The van der Waals surface area contributed by atoms with Crippen molar-refractivity contribution in [2.75, 3.05) is 11.9 Å². The smallest absolute Gasteiger partial charge is 0.282 e. The minimum atomic E-state index is -0.167. The summed E-state index contributed by atoms with van der Waals surface area (Å²) < 4.78 is 1.34. The van der Waals surface area contributed by atoms with Crippen molar-refractivity contribution in [1.29, 1.82) is 0 Å². The predicted octanol–water partition coefficient (Wildman–Crippen LogP) is 4.36. The van der Waals surface area contributed by atoms with E-state index in [4.69, 9.17) is 0 Å². The van der Waals surface area contributed by atoms with Gasteiger partial charge in [-0.3, -0.25) is 4.79 Å². The van der Waals surface area contributed by atoms with Crippen molar-refractivity contribution in [1.82, 2.24) is 9.66 Å². The maximum absolute atomic E-state index is 12.7. The Labute approximate surface area is 163 Å². The number of rotatable bonds is 4. The summed E-state index contributed by atoms with van der Waals surface area (Å²) in [5.41, 5.74) is 3.62. The largest absolute Gasteiger partial charge is 0.345 e. The summed E-state index contributed by atoms with van der Waals surface area (Å²) in [6, 6.07) is 25.5. The van der Waals surface area contributed by atoms with E-state index in [9.17, 15) is 4.79 Å². The summed E-state index contributed by atoms with van der Waals surface area (Å²) in [4.78, 5) is 19.2. The lowest BCUT2D eigenvalue weighted by molar-refractivity contribution is 0.771. The Balaban J connectivity index is 1.61. The van der Waals surface area contributed by atoms with Crippen LogP contribution in [0.4, 0.5) is 11.4 Å². The topological polar surface area (TPSA) is 50.5 Å². The van der Waals surface area contributed by atoms with Gasteiger partial charge < -0.3 is 4.90 Å². The number of aryl methyl sites for hydroxylation is 1. The van der Waals surface area contributed by atoms with Crippen LogP contribution in [0.15, 0.2) is 88.8 Å². The van der Waals surface area contributed by atoms with Gasteiger partial charge in [0.2, 0.25) is 0 Å². The van der Waals surface area contributed by atoms with Gasteiger partial charge in [-0.2, -0.15) is 9.78 Å².